The summed E-state index contributed by atoms with van der Waals surface area (Å²) >= 11 is 3.56. The molecule has 0 bridgehead atoms. The van der Waals surface area contributed by atoms with Gasteiger partial charge in [-0.3, -0.25) is 4.68 Å². The lowest BCUT2D eigenvalue weighted by Crippen LogP contribution is -2.04. The fraction of sp³-hybridized carbons (Fsp3) is 0.250. The van der Waals surface area contributed by atoms with Crippen LogP contribution in [0.15, 0.2) is 34.9 Å². The lowest BCUT2D eigenvalue weighted by Gasteiger charge is -2.07. The molecule has 2 aromatic rings. The zero-order valence-corrected chi connectivity index (χ0v) is 10.7. The molecule has 0 aliphatic heterocycles. The lowest BCUT2D eigenvalue weighted by molar-refractivity contribution is 0.775. The molecule has 0 saturated carbocycles. The Labute approximate surface area is 103 Å². The molecule has 84 valence electrons. The molecule has 1 aromatic carbocycles. The van der Waals surface area contributed by atoms with Gasteiger partial charge in [0, 0.05) is 17.1 Å². The summed E-state index contributed by atoms with van der Waals surface area (Å²) in [5.74, 6) is 0. The van der Waals surface area contributed by atoms with Crippen LogP contribution in [0.25, 0.3) is 11.3 Å². The number of halogens is 1. The van der Waals surface area contributed by atoms with Gasteiger partial charge in [-0.1, -0.05) is 34.1 Å². The van der Waals surface area contributed by atoms with Crippen LogP contribution < -0.4 is 5.73 Å². The quantitative estimate of drug-likeness (QED) is 0.938. The first-order valence-corrected chi connectivity index (χ1v) is 5.99. The number of hydrogen-bond donors (Lipinski definition) is 1. The molecule has 16 heavy (non-hydrogen) atoms. The van der Waals surface area contributed by atoms with E-state index in [9.17, 15) is 0 Å². The maximum absolute atomic E-state index is 5.61. The van der Waals surface area contributed by atoms with Crippen LogP contribution in [0, 0.1) is 0 Å². The second kappa shape index (κ2) is 4.80. The zero-order chi connectivity index (χ0) is 11.5. The minimum atomic E-state index is 0.642. The van der Waals surface area contributed by atoms with Crippen molar-refractivity contribution in [1.29, 1.82) is 0 Å². The maximum Gasteiger partial charge on any atom is 0.0722 e. The van der Waals surface area contributed by atoms with Gasteiger partial charge in [0.1, 0.15) is 0 Å². The third-order valence-electron chi connectivity index (χ3n) is 2.56. The van der Waals surface area contributed by atoms with Gasteiger partial charge in [0.25, 0.3) is 0 Å². The molecule has 0 aliphatic carbocycles. The van der Waals surface area contributed by atoms with Crippen molar-refractivity contribution in [2.45, 2.75) is 6.42 Å². The SMILES string of the molecule is Cn1ncc(CCN)c1-c1ccccc1Br. The summed E-state index contributed by atoms with van der Waals surface area (Å²) in [7, 11) is 1.95. The molecular formula is C12H14BrN3. The van der Waals surface area contributed by atoms with E-state index in [1.807, 2.05) is 36.1 Å². The summed E-state index contributed by atoms with van der Waals surface area (Å²) in [6.45, 7) is 0.642. The van der Waals surface area contributed by atoms with Crippen LogP contribution >= 0.6 is 15.9 Å². The third kappa shape index (κ3) is 2.03. The van der Waals surface area contributed by atoms with Crippen LogP contribution in [0.5, 0.6) is 0 Å². The molecule has 0 radical (unpaired) electrons. The van der Waals surface area contributed by atoms with Gasteiger partial charge in [0.2, 0.25) is 0 Å². The van der Waals surface area contributed by atoms with E-state index in [1.165, 1.54) is 5.56 Å². The molecule has 3 nitrogen and oxygen atoms in total. The van der Waals surface area contributed by atoms with Crippen molar-refractivity contribution in [3.8, 4) is 11.3 Å². The van der Waals surface area contributed by atoms with Crippen LogP contribution in [0.3, 0.4) is 0 Å². The van der Waals surface area contributed by atoms with E-state index in [-0.39, 0.29) is 0 Å². The normalized spacial score (nSPS) is 10.7. The Morgan fingerprint density at radius 3 is 2.81 bits per heavy atom. The van der Waals surface area contributed by atoms with E-state index in [0.717, 1.165) is 22.2 Å². The highest BCUT2D eigenvalue weighted by atomic mass is 79.9. The summed E-state index contributed by atoms with van der Waals surface area (Å²) in [6, 6.07) is 8.15. The first-order valence-electron chi connectivity index (χ1n) is 5.20. The molecule has 0 amide bonds. The predicted octanol–water partition coefficient (Wildman–Crippen LogP) is 2.35. The molecule has 1 heterocycles. The number of hydrogen-bond acceptors (Lipinski definition) is 2. The number of rotatable bonds is 3. The average Bonchev–Trinajstić information content (AvgIpc) is 2.62. The molecule has 4 heteroatoms. The van der Waals surface area contributed by atoms with Crippen molar-refractivity contribution in [3.05, 3.63) is 40.5 Å². The summed E-state index contributed by atoms with van der Waals surface area (Å²) < 4.78 is 2.97. The fourth-order valence-electron chi connectivity index (χ4n) is 1.82. The Hall–Kier alpha value is -1.13. The van der Waals surface area contributed by atoms with E-state index < -0.39 is 0 Å². The van der Waals surface area contributed by atoms with E-state index in [1.54, 1.807) is 0 Å². The summed E-state index contributed by atoms with van der Waals surface area (Å²) in [5.41, 5.74) is 9.09. The Balaban J connectivity index is 2.54. The van der Waals surface area contributed by atoms with E-state index in [0.29, 0.717) is 6.54 Å². The number of benzene rings is 1. The number of nitrogens with two attached hydrogens (primary N) is 1. The molecular weight excluding hydrogens is 266 g/mol. The minimum absolute atomic E-state index is 0.642. The van der Waals surface area contributed by atoms with Crippen LogP contribution in [0.2, 0.25) is 0 Å². The van der Waals surface area contributed by atoms with E-state index >= 15 is 0 Å². The molecule has 2 rings (SSSR count). The molecule has 0 spiro atoms. The van der Waals surface area contributed by atoms with Gasteiger partial charge < -0.3 is 5.73 Å². The van der Waals surface area contributed by atoms with Crippen molar-refractivity contribution in [3.63, 3.8) is 0 Å². The van der Waals surface area contributed by atoms with Crippen molar-refractivity contribution in [1.82, 2.24) is 9.78 Å². The van der Waals surface area contributed by atoms with Crippen LogP contribution in [-0.2, 0) is 13.5 Å². The Bertz CT molecular complexity index is 491. The highest BCUT2D eigenvalue weighted by Crippen LogP contribution is 2.30. The number of nitrogens with zero attached hydrogens (tertiary/aromatic N) is 2. The van der Waals surface area contributed by atoms with Gasteiger partial charge >= 0.3 is 0 Å². The maximum atomic E-state index is 5.61. The van der Waals surface area contributed by atoms with Gasteiger partial charge in [0.15, 0.2) is 0 Å². The summed E-state index contributed by atoms with van der Waals surface area (Å²) in [6.07, 6.45) is 2.74. The summed E-state index contributed by atoms with van der Waals surface area (Å²) in [5, 5.41) is 4.29. The average molecular weight is 280 g/mol. The molecule has 0 saturated heterocycles. The highest BCUT2D eigenvalue weighted by Gasteiger charge is 2.12. The first-order chi connectivity index (χ1) is 7.74. The Morgan fingerprint density at radius 2 is 2.12 bits per heavy atom. The monoisotopic (exact) mass is 279 g/mol. The van der Waals surface area contributed by atoms with Crippen molar-refractivity contribution < 1.29 is 0 Å². The first kappa shape index (κ1) is 11.4. The smallest absolute Gasteiger partial charge is 0.0722 e. The van der Waals surface area contributed by atoms with Crippen molar-refractivity contribution in [2.24, 2.45) is 12.8 Å². The molecule has 0 unspecified atom stereocenters. The second-order valence-electron chi connectivity index (χ2n) is 3.66. The third-order valence-corrected chi connectivity index (χ3v) is 3.25. The standard InChI is InChI=1S/C12H14BrN3/c1-16-12(9(6-7-14)8-15-16)10-4-2-3-5-11(10)13/h2-5,8H,6-7,14H2,1H3. The predicted molar refractivity (Wildman–Crippen MR) is 69.1 cm³/mol. The fourth-order valence-corrected chi connectivity index (χ4v) is 2.29. The minimum Gasteiger partial charge on any atom is -0.330 e. The molecule has 1 aromatic heterocycles. The van der Waals surface area contributed by atoms with Crippen molar-refractivity contribution >= 4 is 15.9 Å². The zero-order valence-electron chi connectivity index (χ0n) is 9.15. The molecule has 0 aliphatic rings. The summed E-state index contributed by atoms with van der Waals surface area (Å²) in [4.78, 5) is 0. The Kier molecular flexibility index (Phi) is 3.41. The van der Waals surface area contributed by atoms with Gasteiger partial charge in [-0.2, -0.15) is 5.10 Å². The van der Waals surface area contributed by atoms with Crippen molar-refractivity contribution in [2.75, 3.05) is 6.54 Å². The molecule has 2 N–H and O–H groups in total. The van der Waals surface area contributed by atoms with Gasteiger partial charge in [-0.25, -0.2) is 0 Å². The second-order valence-corrected chi connectivity index (χ2v) is 4.51. The van der Waals surface area contributed by atoms with Gasteiger partial charge in [-0.05, 0) is 24.6 Å². The van der Waals surface area contributed by atoms with Crippen LogP contribution in [0.1, 0.15) is 5.56 Å². The van der Waals surface area contributed by atoms with Crippen LogP contribution in [-0.4, -0.2) is 16.3 Å². The van der Waals surface area contributed by atoms with Gasteiger partial charge in [-0.15, -0.1) is 0 Å². The van der Waals surface area contributed by atoms with E-state index in [4.69, 9.17) is 5.73 Å². The van der Waals surface area contributed by atoms with Gasteiger partial charge in [0.05, 0.1) is 11.9 Å². The van der Waals surface area contributed by atoms with Crippen LogP contribution in [0.4, 0.5) is 0 Å². The largest absolute Gasteiger partial charge is 0.330 e. The highest BCUT2D eigenvalue weighted by molar-refractivity contribution is 9.10. The lowest BCUT2D eigenvalue weighted by atomic mass is 10.1. The topological polar surface area (TPSA) is 43.8 Å². The molecule has 0 atom stereocenters. The van der Waals surface area contributed by atoms with E-state index in [2.05, 4.69) is 27.1 Å². The number of aromatic nitrogens is 2. The molecule has 0 fully saturated rings. The number of aryl methyl sites for hydroxylation is 1. The Morgan fingerprint density at radius 1 is 1.38 bits per heavy atom.